The van der Waals surface area contributed by atoms with Crippen LogP contribution in [0.15, 0.2) is 42.5 Å². The Bertz CT molecular complexity index is 578. The van der Waals surface area contributed by atoms with Crippen molar-refractivity contribution in [1.29, 1.82) is 0 Å². The molecule has 0 saturated carbocycles. The van der Waals surface area contributed by atoms with Gasteiger partial charge in [0, 0.05) is 24.8 Å². The van der Waals surface area contributed by atoms with E-state index in [1.54, 1.807) is 6.07 Å². The van der Waals surface area contributed by atoms with Crippen molar-refractivity contribution in [2.24, 2.45) is 5.73 Å². The first-order chi connectivity index (χ1) is 9.52. The second-order valence-electron chi connectivity index (χ2n) is 5.22. The molecule has 1 atom stereocenters. The molecule has 0 radical (unpaired) electrons. The zero-order chi connectivity index (χ0) is 14.7. The summed E-state index contributed by atoms with van der Waals surface area (Å²) in [5.41, 5.74) is 9.81. The monoisotopic (exact) mass is 272 g/mol. The highest BCUT2D eigenvalue weighted by atomic mass is 19.1. The molecule has 0 amide bonds. The van der Waals surface area contributed by atoms with E-state index in [1.807, 2.05) is 56.1 Å². The van der Waals surface area contributed by atoms with Crippen LogP contribution in [0.2, 0.25) is 0 Å². The Labute approximate surface area is 120 Å². The molecule has 0 aliphatic rings. The summed E-state index contributed by atoms with van der Waals surface area (Å²) in [6, 6.07) is 13.2. The van der Waals surface area contributed by atoms with E-state index in [0.29, 0.717) is 12.1 Å². The van der Waals surface area contributed by atoms with Gasteiger partial charge in [0.15, 0.2) is 0 Å². The third kappa shape index (κ3) is 2.99. The van der Waals surface area contributed by atoms with E-state index < -0.39 is 0 Å². The number of aryl methyl sites for hydroxylation is 2. The molecule has 0 aromatic heterocycles. The molecule has 2 rings (SSSR count). The second-order valence-corrected chi connectivity index (χ2v) is 5.22. The quantitative estimate of drug-likeness (QED) is 0.921. The standard InChI is InChI=1S/C17H21FN2/c1-12-4-7-14(8-5-12)20(3)17(11-19)15-10-13(2)6-9-16(15)18/h4-10,17H,11,19H2,1-3H3. The van der Waals surface area contributed by atoms with Crippen molar-refractivity contribution in [3.05, 3.63) is 65.0 Å². The highest BCUT2D eigenvalue weighted by Gasteiger charge is 2.19. The zero-order valence-electron chi connectivity index (χ0n) is 12.2. The molecule has 20 heavy (non-hydrogen) atoms. The summed E-state index contributed by atoms with van der Waals surface area (Å²) in [6.07, 6.45) is 0. The Morgan fingerprint density at radius 3 is 2.25 bits per heavy atom. The van der Waals surface area contributed by atoms with E-state index in [0.717, 1.165) is 11.3 Å². The van der Waals surface area contributed by atoms with Gasteiger partial charge in [-0.15, -0.1) is 0 Å². The molecule has 1 unspecified atom stereocenters. The van der Waals surface area contributed by atoms with Crippen molar-refractivity contribution in [2.75, 3.05) is 18.5 Å². The minimum Gasteiger partial charge on any atom is -0.366 e. The molecular weight excluding hydrogens is 251 g/mol. The zero-order valence-corrected chi connectivity index (χ0v) is 12.2. The number of benzene rings is 2. The molecule has 0 fully saturated rings. The number of nitrogens with two attached hydrogens (primary N) is 1. The van der Waals surface area contributed by atoms with Crippen LogP contribution in [0.5, 0.6) is 0 Å². The predicted octanol–water partition coefficient (Wildman–Crippen LogP) is 3.58. The largest absolute Gasteiger partial charge is 0.366 e. The van der Waals surface area contributed by atoms with Gasteiger partial charge in [-0.1, -0.05) is 35.4 Å². The Kier molecular flexibility index (Phi) is 4.40. The van der Waals surface area contributed by atoms with Crippen LogP contribution < -0.4 is 10.6 Å². The van der Waals surface area contributed by atoms with Gasteiger partial charge in [-0.3, -0.25) is 0 Å². The first-order valence-electron chi connectivity index (χ1n) is 6.78. The van der Waals surface area contributed by atoms with E-state index in [2.05, 4.69) is 0 Å². The lowest BCUT2D eigenvalue weighted by Crippen LogP contribution is -2.31. The van der Waals surface area contributed by atoms with Crippen molar-refractivity contribution >= 4 is 5.69 Å². The molecule has 2 nitrogen and oxygen atoms in total. The summed E-state index contributed by atoms with van der Waals surface area (Å²) in [5.74, 6) is -0.204. The molecule has 2 N–H and O–H groups in total. The lowest BCUT2D eigenvalue weighted by molar-refractivity contribution is 0.572. The fourth-order valence-electron chi connectivity index (χ4n) is 2.37. The molecule has 0 spiro atoms. The number of hydrogen-bond acceptors (Lipinski definition) is 2. The summed E-state index contributed by atoms with van der Waals surface area (Å²) in [5, 5.41) is 0. The third-order valence-corrected chi connectivity index (χ3v) is 3.64. The molecule has 0 aliphatic heterocycles. The molecule has 3 heteroatoms. The second kappa shape index (κ2) is 6.06. The highest BCUT2D eigenvalue weighted by Crippen LogP contribution is 2.27. The van der Waals surface area contributed by atoms with Crippen molar-refractivity contribution < 1.29 is 4.39 Å². The van der Waals surface area contributed by atoms with Gasteiger partial charge < -0.3 is 10.6 Å². The Morgan fingerprint density at radius 1 is 1.05 bits per heavy atom. The van der Waals surface area contributed by atoms with E-state index in [9.17, 15) is 4.39 Å². The highest BCUT2D eigenvalue weighted by molar-refractivity contribution is 5.49. The third-order valence-electron chi connectivity index (χ3n) is 3.64. The number of halogens is 1. The van der Waals surface area contributed by atoms with Crippen LogP contribution in [0.25, 0.3) is 0 Å². The van der Waals surface area contributed by atoms with Crippen LogP contribution in [-0.2, 0) is 0 Å². The van der Waals surface area contributed by atoms with Crippen LogP contribution in [-0.4, -0.2) is 13.6 Å². The van der Waals surface area contributed by atoms with Gasteiger partial charge in [0.05, 0.1) is 6.04 Å². The summed E-state index contributed by atoms with van der Waals surface area (Å²) in [6.45, 7) is 4.37. The summed E-state index contributed by atoms with van der Waals surface area (Å²) >= 11 is 0. The molecule has 0 saturated heterocycles. The van der Waals surface area contributed by atoms with Crippen LogP contribution in [0.3, 0.4) is 0 Å². The smallest absolute Gasteiger partial charge is 0.128 e. The van der Waals surface area contributed by atoms with Crippen LogP contribution in [0.4, 0.5) is 10.1 Å². The fourth-order valence-corrected chi connectivity index (χ4v) is 2.37. The maximum atomic E-state index is 14.1. The van der Waals surface area contributed by atoms with Crippen LogP contribution in [0.1, 0.15) is 22.7 Å². The van der Waals surface area contributed by atoms with E-state index in [4.69, 9.17) is 5.73 Å². The van der Waals surface area contributed by atoms with Gasteiger partial charge >= 0.3 is 0 Å². The predicted molar refractivity (Wildman–Crippen MR) is 82.5 cm³/mol. The number of likely N-dealkylation sites (N-methyl/N-ethyl adjacent to an activating group) is 1. The lowest BCUT2D eigenvalue weighted by Gasteiger charge is -2.30. The number of rotatable bonds is 4. The minimum atomic E-state index is -0.204. The Morgan fingerprint density at radius 2 is 1.65 bits per heavy atom. The van der Waals surface area contributed by atoms with Crippen LogP contribution in [0, 0.1) is 19.7 Å². The SMILES string of the molecule is Cc1ccc(N(C)C(CN)c2cc(C)ccc2F)cc1. The van der Waals surface area contributed by atoms with E-state index in [1.165, 1.54) is 11.6 Å². The number of anilines is 1. The van der Waals surface area contributed by atoms with Gasteiger partial charge in [0.1, 0.15) is 5.82 Å². The normalized spacial score (nSPS) is 12.2. The molecule has 2 aromatic carbocycles. The van der Waals surface area contributed by atoms with Gasteiger partial charge in [-0.25, -0.2) is 4.39 Å². The summed E-state index contributed by atoms with van der Waals surface area (Å²) in [4.78, 5) is 2.03. The topological polar surface area (TPSA) is 29.3 Å². The molecule has 2 aromatic rings. The minimum absolute atomic E-state index is 0.169. The van der Waals surface area contributed by atoms with E-state index >= 15 is 0 Å². The molecule has 106 valence electrons. The fraction of sp³-hybridized carbons (Fsp3) is 0.294. The van der Waals surface area contributed by atoms with Crippen molar-refractivity contribution in [3.63, 3.8) is 0 Å². The lowest BCUT2D eigenvalue weighted by atomic mass is 10.0. The van der Waals surface area contributed by atoms with Gasteiger partial charge in [0.25, 0.3) is 0 Å². The molecule has 0 heterocycles. The van der Waals surface area contributed by atoms with Gasteiger partial charge in [0.2, 0.25) is 0 Å². The molecule has 0 aliphatic carbocycles. The first kappa shape index (κ1) is 14.5. The average molecular weight is 272 g/mol. The summed E-state index contributed by atoms with van der Waals surface area (Å²) in [7, 11) is 1.95. The molecule has 0 bridgehead atoms. The van der Waals surface area contributed by atoms with Gasteiger partial charge in [-0.05, 0) is 32.0 Å². The maximum Gasteiger partial charge on any atom is 0.128 e. The van der Waals surface area contributed by atoms with Crippen molar-refractivity contribution in [2.45, 2.75) is 19.9 Å². The maximum absolute atomic E-state index is 14.1. The number of hydrogen-bond donors (Lipinski definition) is 1. The molecular formula is C17H21FN2. The Hall–Kier alpha value is -1.87. The number of nitrogens with zero attached hydrogens (tertiary/aromatic N) is 1. The van der Waals surface area contributed by atoms with Crippen molar-refractivity contribution in [3.8, 4) is 0 Å². The van der Waals surface area contributed by atoms with Crippen molar-refractivity contribution in [1.82, 2.24) is 0 Å². The first-order valence-corrected chi connectivity index (χ1v) is 6.78. The van der Waals surface area contributed by atoms with E-state index in [-0.39, 0.29) is 11.9 Å². The van der Waals surface area contributed by atoms with Gasteiger partial charge in [-0.2, -0.15) is 0 Å². The average Bonchev–Trinajstić information content (AvgIpc) is 2.44. The van der Waals surface area contributed by atoms with Crippen LogP contribution >= 0.6 is 0 Å². The Balaban J connectivity index is 2.36. The summed E-state index contributed by atoms with van der Waals surface area (Å²) < 4.78 is 14.1.